The Hall–Kier alpha value is -4.18. The van der Waals surface area contributed by atoms with Gasteiger partial charge in [-0.25, -0.2) is 5.43 Å². The van der Waals surface area contributed by atoms with Crippen LogP contribution in [0.4, 0.5) is 0 Å². The minimum Gasteiger partial charge on any atom is -0.488 e. The summed E-state index contributed by atoms with van der Waals surface area (Å²) in [6.45, 7) is 0.421. The zero-order valence-electron chi connectivity index (χ0n) is 19.6. The van der Waals surface area contributed by atoms with Crippen molar-refractivity contribution in [1.29, 1.82) is 0 Å². The molecule has 0 radical (unpaired) electrons. The zero-order valence-corrected chi connectivity index (χ0v) is 19.6. The van der Waals surface area contributed by atoms with Gasteiger partial charge < -0.3 is 4.74 Å². The molecule has 0 saturated heterocycles. The molecule has 4 nitrogen and oxygen atoms in total. The number of carbonyl (C=O) groups is 1. The lowest BCUT2D eigenvalue weighted by Crippen LogP contribution is -2.20. The molecule has 1 aliphatic rings. The predicted molar refractivity (Wildman–Crippen MR) is 141 cm³/mol. The van der Waals surface area contributed by atoms with Crippen molar-refractivity contribution in [3.8, 4) is 16.9 Å². The summed E-state index contributed by atoms with van der Waals surface area (Å²) in [6.07, 6.45) is 4.15. The molecule has 0 bridgehead atoms. The van der Waals surface area contributed by atoms with E-state index >= 15 is 0 Å². The third kappa shape index (κ3) is 5.49. The van der Waals surface area contributed by atoms with E-state index in [9.17, 15) is 4.79 Å². The second kappa shape index (κ2) is 10.8. The smallest absolute Gasteiger partial charge is 0.271 e. The topological polar surface area (TPSA) is 50.7 Å². The van der Waals surface area contributed by atoms with E-state index < -0.39 is 0 Å². The van der Waals surface area contributed by atoms with Crippen molar-refractivity contribution in [3.63, 3.8) is 0 Å². The molecule has 0 atom stereocenters. The van der Waals surface area contributed by atoms with Gasteiger partial charge in [-0.2, -0.15) is 5.10 Å². The Kier molecular flexibility index (Phi) is 7.00. The van der Waals surface area contributed by atoms with Crippen LogP contribution in [0.1, 0.15) is 46.3 Å². The molecular weight excluding hydrogens is 432 g/mol. The highest BCUT2D eigenvalue weighted by atomic mass is 16.5. The first-order valence-corrected chi connectivity index (χ1v) is 12.1. The number of carbonyl (C=O) groups excluding carboxylic acids is 1. The molecule has 35 heavy (non-hydrogen) atoms. The molecule has 0 saturated carbocycles. The molecule has 0 unspecified atom stereocenters. The Balaban J connectivity index is 1.23. The molecule has 1 amide bonds. The molecule has 5 rings (SSSR count). The van der Waals surface area contributed by atoms with Crippen LogP contribution in [-0.2, 0) is 13.0 Å². The van der Waals surface area contributed by atoms with Gasteiger partial charge in [-0.05, 0) is 60.6 Å². The first-order chi connectivity index (χ1) is 17.3. The Morgan fingerprint density at radius 3 is 2.26 bits per heavy atom. The Bertz CT molecular complexity index is 1330. The number of amides is 1. The van der Waals surface area contributed by atoms with Crippen molar-refractivity contribution >= 4 is 11.6 Å². The summed E-state index contributed by atoms with van der Waals surface area (Å²) in [6, 6.07) is 34.1. The summed E-state index contributed by atoms with van der Waals surface area (Å²) < 4.78 is 6.13. The number of nitrogens with zero attached hydrogens (tertiary/aromatic N) is 1. The van der Waals surface area contributed by atoms with Gasteiger partial charge in [0.15, 0.2) is 0 Å². The molecule has 1 aliphatic carbocycles. The lowest BCUT2D eigenvalue weighted by Gasteiger charge is -2.12. The Labute approximate surface area is 206 Å². The second-order valence-electron chi connectivity index (χ2n) is 8.71. The summed E-state index contributed by atoms with van der Waals surface area (Å²) >= 11 is 0. The average molecular weight is 461 g/mol. The van der Waals surface area contributed by atoms with Gasteiger partial charge in [0.05, 0.1) is 5.71 Å². The third-order valence-corrected chi connectivity index (χ3v) is 6.31. The number of hydrazone groups is 1. The number of benzene rings is 4. The molecule has 4 aromatic carbocycles. The number of fused-ring (bicyclic) bond motifs is 1. The van der Waals surface area contributed by atoms with Crippen LogP contribution < -0.4 is 10.2 Å². The average Bonchev–Trinajstić information content (AvgIpc) is 3.14. The van der Waals surface area contributed by atoms with Gasteiger partial charge in [0, 0.05) is 16.7 Å². The summed E-state index contributed by atoms with van der Waals surface area (Å²) in [5.74, 6) is 0.626. The SMILES string of the molecule is O=C(N/N=C1\CCCCc2ccccc21)c1ccc(COc2ccccc2-c2ccccc2)cc1. The van der Waals surface area contributed by atoms with Crippen molar-refractivity contribution in [2.24, 2.45) is 5.10 Å². The van der Waals surface area contributed by atoms with E-state index in [2.05, 4.69) is 46.9 Å². The number of hydrogen-bond donors (Lipinski definition) is 1. The molecule has 4 aromatic rings. The van der Waals surface area contributed by atoms with Crippen molar-refractivity contribution < 1.29 is 9.53 Å². The maximum absolute atomic E-state index is 12.7. The van der Waals surface area contributed by atoms with E-state index in [4.69, 9.17) is 4.74 Å². The van der Waals surface area contributed by atoms with Crippen LogP contribution in [0.2, 0.25) is 0 Å². The number of ether oxygens (including phenoxy) is 1. The van der Waals surface area contributed by atoms with Crippen LogP contribution in [0, 0.1) is 0 Å². The van der Waals surface area contributed by atoms with E-state index in [0.29, 0.717) is 12.2 Å². The molecule has 0 aliphatic heterocycles. The lowest BCUT2D eigenvalue weighted by atomic mass is 10.0. The van der Waals surface area contributed by atoms with Gasteiger partial charge in [-0.1, -0.05) is 84.9 Å². The number of para-hydroxylation sites is 1. The van der Waals surface area contributed by atoms with Crippen molar-refractivity contribution in [2.75, 3.05) is 0 Å². The molecule has 0 spiro atoms. The molecular formula is C31H28N2O2. The molecule has 0 aromatic heterocycles. The van der Waals surface area contributed by atoms with Crippen LogP contribution in [0.15, 0.2) is 108 Å². The summed E-state index contributed by atoms with van der Waals surface area (Å²) in [4.78, 5) is 12.7. The largest absolute Gasteiger partial charge is 0.488 e. The highest BCUT2D eigenvalue weighted by Crippen LogP contribution is 2.30. The fraction of sp³-hybridized carbons (Fsp3) is 0.161. The number of nitrogens with one attached hydrogen (secondary N) is 1. The number of aryl methyl sites for hydroxylation is 1. The van der Waals surface area contributed by atoms with E-state index in [0.717, 1.165) is 59.4 Å². The van der Waals surface area contributed by atoms with Crippen LogP contribution in [0.25, 0.3) is 11.1 Å². The van der Waals surface area contributed by atoms with E-state index in [1.807, 2.05) is 66.7 Å². The van der Waals surface area contributed by atoms with Crippen molar-refractivity contribution in [1.82, 2.24) is 5.43 Å². The van der Waals surface area contributed by atoms with Crippen molar-refractivity contribution in [3.05, 3.63) is 125 Å². The quantitative estimate of drug-likeness (QED) is 0.254. The van der Waals surface area contributed by atoms with Gasteiger partial charge in [0.25, 0.3) is 5.91 Å². The molecule has 174 valence electrons. The van der Waals surface area contributed by atoms with E-state index in [-0.39, 0.29) is 5.91 Å². The minimum absolute atomic E-state index is 0.207. The number of rotatable bonds is 6. The van der Waals surface area contributed by atoms with E-state index in [1.54, 1.807) is 0 Å². The highest BCUT2D eigenvalue weighted by molar-refractivity contribution is 6.03. The van der Waals surface area contributed by atoms with Crippen LogP contribution in [0.3, 0.4) is 0 Å². The zero-order chi connectivity index (χ0) is 23.9. The standard InChI is InChI=1S/C31H28N2O2/c34-31(33-32-29-16-8-5-13-24-12-4-6-14-27(24)29)26-20-18-23(19-21-26)22-35-30-17-9-7-15-28(30)25-10-2-1-3-11-25/h1-4,6-7,9-12,14-15,17-21H,5,8,13,16,22H2,(H,33,34)/b32-29+. The van der Waals surface area contributed by atoms with Gasteiger partial charge in [0.1, 0.15) is 12.4 Å². The summed E-state index contributed by atoms with van der Waals surface area (Å²) in [5.41, 5.74) is 9.90. The third-order valence-electron chi connectivity index (χ3n) is 6.31. The van der Waals surface area contributed by atoms with Gasteiger partial charge in [-0.3, -0.25) is 4.79 Å². The monoisotopic (exact) mass is 460 g/mol. The van der Waals surface area contributed by atoms with E-state index in [1.165, 1.54) is 5.56 Å². The maximum Gasteiger partial charge on any atom is 0.271 e. The Morgan fingerprint density at radius 2 is 1.43 bits per heavy atom. The van der Waals surface area contributed by atoms with Crippen LogP contribution in [0.5, 0.6) is 5.75 Å². The maximum atomic E-state index is 12.7. The first-order valence-electron chi connectivity index (χ1n) is 12.1. The lowest BCUT2D eigenvalue weighted by molar-refractivity contribution is 0.0954. The van der Waals surface area contributed by atoms with Crippen molar-refractivity contribution in [2.45, 2.75) is 32.3 Å². The van der Waals surface area contributed by atoms with Gasteiger partial charge >= 0.3 is 0 Å². The fourth-order valence-corrected chi connectivity index (χ4v) is 4.42. The number of hydrogen-bond acceptors (Lipinski definition) is 3. The van der Waals surface area contributed by atoms with Crippen LogP contribution in [-0.4, -0.2) is 11.6 Å². The summed E-state index contributed by atoms with van der Waals surface area (Å²) in [5, 5.41) is 4.49. The summed E-state index contributed by atoms with van der Waals surface area (Å²) in [7, 11) is 0. The van der Waals surface area contributed by atoms with Gasteiger partial charge in [0.2, 0.25) is 0 Å². The minimum atomic E-state index is -0.207. The fourth-order valence-electron chi connectivity index (χ4n) is 4.42. The molecule has 1 N–H and O–H groups in total. The van der Waals surface area contributed by atoms with Gasteiger partial charge in [-0.15, -0.1) is 0 Å². The second-order valence-corrected chi connectivity index (χ2v) is 8.71. The molecule has 0 heterocycles. The predicted octanol–water partition coefficient (Wildman–Crippen LogP) is 6.79. The van der Waals surface area contributed by atoms with Crippen LogP contribution >= 0.6 is 0 Å². The molecule has 0 fully saturated rings. The Morgan fingerprint density at radius 1 is 0.743 bits per heavy atom. The highest BCUT2D eigenvalue weighted by Gasteiger charge is 2.14. The molecule has 4 heteroatoms. The normalized spacial score (nSPS) is 14.1. The first kappa shape index (κ1) is 22.6.